The molecule has 0 bridgehead atoms. The molecule has 1 N–H and O–H groups in total. The molecule has 1 fully saturated rings. The van der Waals surface area contributed by atoms with Crippen LogP contribution in [-0.2, 0) is 9.59 Å². The zero-order chi connectivity index (χ0) is 9.19. The number of carbonyl (C=O) groups is 2. The van der Waals surface area contributed by atoms with Crippen LogP contribution in [0.3, 0.4) is 0 Å². The average molecular weight is 170 g/mol. The monoisotopic (exact) mass is 170 g/mol. The van der Waals surface area contributed by atoms with Crippen LogP contribution in [0.25, 0.3) is 0 Å². The first-order valence-electron chi connectivity index (χ1n) is 4.30. The van der Waals surface area contributed by atoms with Gasteiger partial charge in [-0.3, -0.25) is 9.59 Å². The summed E-state index contributed by atoms with van der Waals surface area (Å²) in [7, 11) is 0. The second kappa shape index (κ2) is 3.25. The summed E-state index contributed by atoms with van der Waals surface area (Å²) in [5.74, 6) is -0.811. The first kappa shape index (κ1) is 9.23. The Morgan fingerprint density at radius 1 is 1.33 bits per heavy atom. The van der Waals surface area contributed by atoms with E-state index in [1.165, 1.54) is 6.92 Å². The highest BCUT2D eigenvalue weighted by atomic mass is 16.4. The third-order valence-electron chi connectivity index (χ3n) is 2.60. The van der Waals surface area contributed by atoms with Crippen LogP contribution in [-0.4, -0.2) is 16.9 Å². The number of Topliss-reactive ketones (excluding diaryl/α,β-unsaturated/α-hetero) is 1. The Hall–Kier alpha value is -0.860. The summed E-state index contributed by atoms with van der Waals surface area (Å²) in [6.07, 6.45) is 3.44. The lowest BCUT2D eigenvalue weighted by atomic mass is 9.81. The number of carboxylic acid groups (broad SMARTS) is 1. The molecule has 0 saturated heterocycles. The quantitative estimate of drug-likeness (QED) is 0.700. The van der Waals surface area contributed by atoms with Crippen LogP contribution in [0.2, 0.25) is 0 Å². The molecule has 0 heterocycles. The third-order valence-corrected chi connectivity index (χ3v) is 2.60. The molecular weight excluding hydrogens is 156 g/mol. The molecule has 3 heteroatoms. The Kier molecular flexibility index (Phi) is 2.50. The van der Waals surface area contributed by atoms with Crippen molar-refractivity contribution in [3.8, 4) is 0 Å². The van der Waals surface area contributed by atoms with Crippen LogP contribution in [0.5, 0.6) is 0 Å². The van der Waals surface area contributed by atoms with Crippen LogP contribution in [0.4, 0.5) is 0 Å². The third kappa shape index (κ3) is 1.65. The van der Waals surface area contributed by atoms with Crippen LogP contribution < -0.4 is 0 Å². The molecule has 12 heavy (non-hydrogen) atoms. The van der Waals surface area contributed by atoms with Gasteiger partial charge in [-0.2, -0.15) is 0 Å². The summed E-state index contributed by atoms with van der Waals surface area (Å²) in [6, 6.07) is 0. The Morgan fingerprint density at radius 3 is 2.17 bits per heavy atom. The lowest BCUT2D eigenvalue weighted by molar-refractivity contribution is -0.151. The van der Waals surface area contributed by atoms with Crippen LogP contribution in [0.1, 0.15) is 39.0 Å². The first-order valence-corrected chi connectivity index (χ1v) is 4.30. The second-order valence-electron chi connectivity index (χ2n) is 3.67. The van der Waals surface area contributed by atoms with Crippen molar-refractivity contribution in [2.24, 2.45) is 5.41 Å². The van der Waals surface area contributed by atoms with Gasteiger partial charge in [0.1, 0.15) is 5.78 Å². The van der Waals surface area contributed by atoms with Gasteiger partial charge >= 0.3 is 5.97 Å². The van der Waals surface area contributed by atoms with E-state index in [0.29, 0.717) is 12.8 Å². The van der Waals surface area contributed by atoms with Crippen molar-refractivity contribution in [3.05, 3.63) is 0 Å². The van der Waals surface area contributed by atoms with Crippen molar-refractivity contribution in [1.82, 2.24) is 0 Å². The van der Waals surface area contributed by atoms with Gasteiger partial charge in [0, 0.05) is 6.42 Å². The molecule has 0 aromatic carbocycles. The van der Waals surface area contributed by atoms with Gasteiger partial charge in [-0.1, -0.05) is 12.8 Å². The van der Waals surface area contributed by atoms with Crippen molar-refractivity contribution in [3.63, 3.8) is 0 Å². The molecule has 1 saturated carbocycles. The molecule has 0 aliphatic heterocycles. The molecule has 0 amide bonds. The summed E-state index contributed by atoms with van der Waals surface area (Å²) >= 11 is 0. The minimum Gasteiger partial charge on any atom is -0.481 e. The van der Waals surface area contributed by atoms with E-state index < -0.39 is 11.4 Å². The molecule has 1 aliphatic rings. The molecule has 68 valence electrons. The molecular formula is C9H14O3. The van der Waals surface area contributed by atoms with E-state index >= 15 is 0 Å². The Balaban J connectivity index is 2.72. The molecule has 0 aromatic heterocycles. The highest BCUT2D eigenvalue weighted by Crippen LogP contribution is 2.41. The van der Waals surface area contributed by atoms with Gasteiger partial charge in [0.15, 0.2) is 0 Å². The molecule has 0 unspecified atom stereocenters. The van der Waals surface area contributed by atoms with Crippen molar-refractivity contribution < 1.29 is 14.7 Å². The molecule has 0 aromatic rings. The maximum Gasteiger partial charge on any atom is 0.310 e. The van der Waals surface area contributed by atoms with Crippen LogP contribution >= 0.6 is 0 Å². The summed E-state index contributed by atoms with van der Waals surface area (Å²) in [5, 5.41) is 8.96. The predicted octanol–water partition coefficient (Wildman–Crippen LogP) is 1.61. The number of rotatable bonds is 3. The van der Waals surface area contributed by atoms with Gasteiger partial charge in [-0.15, -0.1) is 0 Å². The fraction of sp³-hybridized carbons (Fsp3) is 0.778. The molecule has 1 rings (SSSR count). The Bertz CT molecular complexity index is 202. The standard InChI is InChI=1S/C9H14O3/c1-7(10)6-9(8(11)12)4-2-3-5-9/h2-6H2,1H3,(H,11,12). The average Bonchev–Trinajstić information content (AvgIpc) is 2.35. The molecule has 0 radical (unpaired) electrons. The van der Waals surface area contributed by atoms with E-state index in [2.05, 4.69) is 0 Å². The van der Waals surface area contributed by atoms with Crippen LogP contribution in [0.15, 0.2) is 0 Å². The molecule has 0 spiro atoms. The van der Waals surface area contributed by atoms with Gasteiger partial charge in [0.05, 0.1) is 5.41 Å². The first-order chi connectivity index (χ1) is 5.57. The normalized spacial score (nSPS) is 20.8. The summed E-state index contributed by atoms with van der Waals surface area (Å²) in [5.41, 5.74) is -0.716. The van der Waals surface area contributed by atoms with Gasteiger partial charge < -0.3 is 5.11 Å². The maximum absolute atomic E-state index is 10.9. The zero-order valence-electron chi connectivity index (χ0n) is 7.30. The minimum absolute atomic E-state index is 0.0145. The smallest absolute Gasteiger partial charge is 0.310 e. The molecule has 0 atom stereocenters. The summed E-state index contributed by atoms with van der Waals surface area (Å²) in [6.45, 7) is 1.46. The minimum atomic E-state index is -0.796. The number of aliphatic carboxylic acids is 1. The Labute approximate surface area is 71.8 Å². The molecule has 3 nitrogen and oxygen atoms in total. The van der Waals surface area contributed by atoms with Crippen molar-refractivity contribution >= 4 is 11.8 Å². The van der Waals surface area contributed by atoms with Crippen molar-refractivity contribution in [2.45, 2.75) is 39.0 Å². The lowest BCUT2D eigenvalue weighted by Gasteiger charge is -2.21. The fourth-order valence-corrected chi connectivity index (χ4v) is 1.99. The van der Waals surface area contributed by atoms with E-state index in [4.69, 9.17) is 5.11 Å². The van der Waals surface area contributed by atoms with E-state index in [-0.39, 0.29) is 12.2 Å². The largest absolute Gasteiger partial charge is 0.481 e. The van der Waals surface area contributed by atoms with E-state index in [0.717, 1.165) is 12.8 Å². The van der Waals surface area contributed by atoms with Gasteiger partial charge in [0.25, 0.3) is 0 Å². The van der Waals surface area contributed by atoms with Crippen molar-refractivity contribution in [2.75, 3.05) is 0 Å². The number of hydrogen-bond donors (Lipinski definition) is 1. The number of carboxylic acids is 1. The highest BCUT2D eigenvalue weighted by molar-refractivity contribution is 5.85. The van der Waals surface area contributed by atoms with E-state index in [1.807, 2.05) is 0 Å². The topological polar surface area (TPSA) is 54.4 Å². The Morgan fingerprint density at radius 2 is 1.83 bits per heavy atom. The van der Waals surface area contributed by atoms with Crippen LogP contribution in [0, 0.1) is 5.41 Å². The second-order valence-corrected chi connectivity index (χ2v) is 3.67. The van der Waals surface area contributed by atoms with Gasteiger partial charge in [-0.25, -0.2) is 0 Å². The summed E-state index contributed by atoms with van der Waals surface area (Å²) < 4.78 is 0. The van der Waals surface area contributed by atoms with Gasteiger partial charge in [0.2, 0.25) is 0 Å². The summed E-state index contributed by atoms with van der Waals surface area (Å²) in [4.78, 5) is 21.8. The molecule has 1 aliphatic carbocycles. The lowest BCUT2D eigenvalue weighted by Crippen LogP contribution is -2.29. The zero-order valence-corrected chi connectivity index (χ0v) is 7.30. The maximum atomic E-state index is 10.9. The van der Waals surface area contributed by atoms with E-state index in [1.54, 1.807) is 0 Å². The van der Waals surface area contributed by atoms with Gasteiger partial charge in [-0.05, 0) is 19.8 Å². The SMILES string of the molecule is CC(=O)CC1(C(=O)O)CCCC1. The highest BCUT2D eigenvalue weighted by Gasteiger charge is 2.41. The predicted molar refractivity (Wildman–Crippen MR) is 43.8 cm³/mol. The van der Waals surface area contributed by atoms with E-state index in [9.17, 15) is 9.59 Å². The van der Waals surface area contributed by atoms with Crippen molar-refractivity contribution in [1.29, 1.82) is 0 Å². The number of carbonyl (C=O) groups excluding carboxylic acids is 1. The number of hydrogen-bond acceptors (Lipinski definition) is 2. The number of ketones is 1. The fourth-order valence-electron chi connectivity index (χ4n) is 1.99.